The number of sulfonamides is 1. The Morgan fingerprint density at radius 2 is 2.00 bits per heavy atom. The van der Waals surface area contributed by atoms with E-state index in [2.05, 4.69) is 0 Å². The minimum absolute atomic E-state index is 0.0419. The number of anilines is 2. The zero-order chi connectivity index (χ0) is 11.6. The van der Waals surface area contributed by atoms with Crippen LogP contribution in [0.4, 0.5) is 11.4 Å². The Bertz CT molecular complexity index is 499. The van der Waals surface area contributed by atoms with Gasteiger partial charge in [-0.1, -0.05) is 0 Å². The van der Waals surface area contributed by atoms with Gasteiger partial charge in [-0.2, -0.15) is 0 Å². The Kier molecular flexibility index (Phi) is 3.29. The summed E-state index contributed by atoms with van der Waals surface area (Å²) in [6.07, 6.45) is 0. The molecule has 0 aliphatic carbocycles. The van der Waals surface area contributed by atoms with Gasteiger partial charge in [-0.25, -0.2) is 13.6 Å². The minimum Gasteiger partial charge on any atom is -0.755 e. The van der Waals surface area contributed by atoms with E-state index in [0.29, 0.717) is 0 Å². The normalized spacial score (nSPS) is 13.5. The van der Waals surface area contributed by atoms with Crippen molar-refractivity contribution in [3.8, 4) is 0 Å². The molecule has 1 aromatic carbocycles. The number of hydrogen-bond acceptors (Lipinski definition) is 5. The van der Waals surface area contributed by atoms with E-state index in [0.717, 1.165) is 6.07 Å². The number of hydrogen-bond donors (Lipinski definition) is 3. The lowest BCUT2D eigenvalue weighted by Gasteiger charge is -2.10. The van der Waals surface area contributed by atoms with Gasteiger partial charge in [0.05, 0.1) is 5.69 Å². The summed E-state index contributed by atoms with van der Waals surface area (Å²) in [5, 5.41) is 4.87. The molecule has 9 heteroatoms. The Hall–Kier alpha value is -1.16. The molecule has 1 unspecified atom stereocenters. The lowest BCUT2D eigenvalue weighted by molar-refractivity contribution is 0.542. The van der Waals surface area contributed by atoms with Crippen LogP contribution in [0.1, 0.15) is 0 Å². The largest absolute Gasteiger partial charge is 0.755 e. The third kappa shape index (κ3) is 3.16. The Balaban J connectivity index is 3.23. The van der Waals surface area contributed by atoms with Crippen LogP contribution in [-0.4, -0.2) is 17.2 Å². The maximum atomic E-state index is 11.0. The first-order valence-corrected chi connectivity index (χ1v) is 6.21. The van der Waals surface area contributed by atoms with Crippen molar-refractivity contribution < 1.29 is 17.2 Å². The fourth-order valence-corrected chi connectivity index (χ4v) is 1.95. The molecule has 0 radical (unpaired) electrons. The highest BCUT2D eigenvalue weighted by Crippen LogP contribution is 2.21. The molecule has 0 bridgehead atoms. The number of nitrogens with one attached hydrogen (secondary N) is 1. The van der Waals surface area contributed by atoms with Gasteiger partial charge in [0.15, 0.2) is 0 Å². The molecule has 0 heterocycles. The topological polar surface area (TPSA) is 138 Å². The molecule has 15 heavy (non-hydrogen) atoms. The van der Waals surface area contributed by atoms with Gasteiger partial charge in [-0.3, -0.25) is 4.21 Å². The second-order valence-corrected chi connectivity index (χ2v) is 4.84. The van der Waals surface area contributed by atoms with E-state index in [1.165, 1.54) is 12.1 Å². The van der Waals surface area contributed by atoms with E-state index in [1.54, 1.807) is 0 Å². The molecule has 1 rings (SSSR count). The van der Waals surface area contributed by atoms with Crippen molar-refractivity contribution in [2.75, 3.05) is 10.5 Å². The first kappa shape index (κ1) is 11.9. The van der Waals surface area contributed by atoms with E-state index in [1.807, 2.05) is 4.72 Å². The highest BCUT2D eigenvalue weighted by molar-refractivity contribution is 7.89. The van der Waals surface area contributed by atoms with Crippen molar-refractivity contribution >= 4 is 32.7 Å². The van der Waals surface area contributed by atoms with Gasteiger partial charge >= 0.3 is 0 Å². The average molecular weight is 250 g/mol. The minimum atomic E-state index is -3.96. The second kappa shape index (κ2) is 4.14. The van der Waals surface area contributed by atoms with E-state index in [4.69, 9.17) is 10.9 Å². The predicted octanol–water partition coefficient (Wildman–Crippen LogP) is -0.878. The van der Waals surface area contributed by atoms with Gasteiger partial charge in [0.1, 0.15) is 4.90 Å². The zero-order valence-corrected chi connectivity index (χ0v) is 8.97. The Labute approximate surface area is 88.9 Å². The van der Waals surface area contributed by atoms with Crippen molar-refractivity contribution in [3.63, 3.8) is 0 Å². The molecule has 0 saturated carbocycles. The standard InChI is InChI=1S/C6H9N3O4S2/c7-5-2-1-4(9-14(10)11)3-6(5)15(8,12)13/h1-3,9H,7H2,(H,10,11)(H2,8,12,13)/p-1. The molecule has 7 nitrogen and oxygen atoms in total. The summed E-state index contributed by atoms with van der Waals surface area (Å²) in [5.74, 6) is 0. The van der Waals surface area contributed by atoms with Gasteiger partial charge in [0.25, 0.3) is 0 Å². The Morgan fingerprint density at radius 1 is 1.40 bits per heavy atom. The number of benzene rings is 1. The van der Waals surface area contributed by atoms with Crippen LogP contribution in [0, 0.1) is 0 Å². The molecule has 0 amide bonds. The number of primary sulfonamides is 1. The molecule has 84 valence electrons. The highest BCUT2D eigenvalue weighted by atomic mass is 32.2. The van der Waals surface area contributed by atoms with Crippen molar-refractivity contribution in [1.82, 2.24) is 0 Å². The number of rotatable bonds is 3. The van der Waals surface area contributed by atoms with Gasteiger partial charge < -0.3 is 15.0 Å². The summed E-state index contributed by atoms with van der Waals surface area (Å²) >= 11 is -2.53. The number of nitrogen functional groups attached to an aromatic ring is 1. The smallest absolute Gasteiger partial charge is 0.240 e. The fourth-order valence-electron chi connectivity index (χ4n) is 0.940. The molecule has 0 aliphatic rings. The summed E-state index contributed by atoms with van der Waals surface area (Å²) in [6, 6.07) is 3.61. The van der Waals surface area contributed by atoms with E-state index in [9.17, 15) is 17.2 Å². The SMILES string of the molecule is Nc1ccc(NS(=O)[O-])cc1S(N)(=O)=O. The monoisotopic (exact) mass is 250 g/mol. The maximum absolute atomic E-state index is 11.0. The first-order chi connectivity index (χ1) is 6.80. The van der Waals surface area contributed by atoms with Gasteiger partial charge in [-0.05, 0) is 18.2 Å². The average Bonchev–Trinajstić information content (AvgIpc) is 2.05. The van der Waals surface area contributed by atoms with Crippen LogP contribution in [0.2, 0.25) is 0 Å². The van der Waals surface area contributed by atoms with Crippen LogP contribution in [0.5, 0.6) is 0 Å². The van der Waals surface area contributed by atoms with Crippen LogP contribution in [-0.2, 0) is 21.3 Å². The highest BCUT2D eigenvalue weighted by Gasteiger charge is 2.12. The van der Waals surface area contributed by atoms with E-state index in [-0.39, 0.29) is 16.3 Å². The number of nitrogens with two attached hydrogens (primary N) is 2. The second-order valence-electron chi connectivity index (χ2n) is 2.63. The predicted molar refractivity (Wildman–Crippen MR) is 54.8 cm³/mol. The lowest BCUT2D eigenvalue weighted by atomic mass is 10.3. The van der Waals surface area contributed by atoms with Crippen LogP contribution >= 0.6 is 0 Å². The van der Waals surface area contributed by atoms with Crippen molar-refractivity contribution in [3.05, 3.63) is 18.2 Å². The molecule has 0 saturated heterocycles. The van der Waals surface area contributed by atoms with Crippen LogP contribution in [0.25, 0.3) is 0 Å². The van der Waals surface area contributed by atoms with Gasteiger partial charge in [0, 0.05) is 17.0 Å². The molecule has 0 aromatic heterocycles. The summed E-state index contributed by atoms with van der Waals surface area (Å²) in [6.45, 7) is 0. The molecular weight excluding hydrogens is 242 g/mol. The van der Waals surface area contributed by atoms with Crippen LogP contribution in [0.15, 0.2) is 23.1 Å². The molecule has 0 fully saturated rings. The first-order valence-electron chi connectivity index (χ1n) is 3.59. The summed E-state index contributed by atoms with van der Waals surface area (Å²) in [7, 11) is -3.96. The quantitative estimate of drug-likeness (QED) is 0.472. The molecule has 0 aliphatic heterocycles. The molecule has 0 spiro atoms. The van der Waals surface area contributed by atoms with Gasteiger partial charge in [-0.15, -0.1) is 0 Å². The fraction of sp³-hybridized carbons (Fsp3) is 0. The summed E-state index contributed by atoms with van der Waals surface area (Å²) in [5.41, 5.74) is 5.39. The molecular formula is C6H8N3O4S2-. The molecule has 5 N–H and O–H groups in total. The molecule has 1 atom stereocenters. The van der Waals surface area contributed by atoms with E-state index < -0.39 is 21.3 Å². The molecule has 1 aromatic rings. The Morgan fingerprint density at radius 3 is 2.47 bits per heavy atom. The zero-order valence-electron chi connectivity index (χ0n) is 7.34. The third-order valence-corrected chi connectivity index (χ3v) is 2.89. The summed E-state index contributed by atoms with van der Waals surface area (Å²) < 4.78 is 44.6. The lowest BCUT2D eigenvalue weighted by Crippen LogP contribution is -2.15. The maximum Gasteiger partial charge on any atom is 0.240 e. The van der Waals surface area contributed by atoms with E-state index >= 15 is 0 Å². The van der Waals surface area contributed by atoms with Crippen LogP contribution in [0.3, 0.4) is 0 Å². The van der Waals surface area contributed by atoms with Crippen molar-refractivity contribution in [2.45, 2.75) is 4.90 Å². The van der Waals surface area contributed by atoms with Crippen LogP contribution < -0.4 is 15.6 Å². The van der Waals surface area contributed by atoms with Gasteiger partial charge in [0.2, 0.25) is 10.0 Å². The van der Waals surface area contributed by atoms with Crippen molar-refractivity contribution in [2.24, 2.45) is 5.14 Å². The van der Waals surface area contributed by atoms with Crippen molar-refractivity contribution in [1.29, 1.82) is 0 Å². The summed E-state index contributed by atoms with van der Waals surface area (Å²) in [4.78, 5) is -0.321. The third-order valence-electron chi connectivity index (χ3n) is 1.52.